The molecular weight excluding hydrogens is 204 g/mol. The zero-order valence-corrected chi connectivity index (χ0v) is 9.03. The number of aromatic nitrogens is 3. The standard InChI is InChI=1S/C11H14N4O/c1-7(6-10-13-11(16)15-14-10)8-2-4-9(12)5-3-8/h2-5,7H,6,12H2,1H3,(H2,13,14,15,16). The third-order valence-electron chi connectivity index (χ3n) is 2.56. The molecule has 0 aliphatic heterocycles. The number of benzene rings is 1. The van der Waals surface area contributed by atoms with E-state index in [-0.39, 0.29) is 5.69 Å². The SMILES string of the molecule is CC(Cc1n[nH]c(=O)[nH]1)c1ccc(N)cc1. The Kier molecular flexibility index (Phi) is 2.76. The molecule has 0 fully saturated rings. The van der Waals surface area contributed by atoms with Crippen molar-refractivity contribution in [3.8, 4) is 0 Å². The van der Waals surface area contributed by atoms with Gasteiger partial charge in [-0.3, -0.25) is 4.98 Å². The summed E-state index contributed by atoms with van der Waals surface area (Å²) in [5.74, 6) is 0.967. The number of H-pyrrole nitrogens is 2. The third-order valence-corrected chi connectivity index (χ3v) is 2.56. The summed E-state index contributed by atoms with van der Waals surface area (Å²) in [5, 5.41) is 6.23. The molecule has 1 unspecified atom stereocenters. The second-order valence-electron chi connectivity index (χ2n) is 3.90. The van der Waals surface area contributed by atoms with E-state index in [9.17, 15) is 4.79 Å². The van der Waals surface area contributed by atoms with E-state index < -0.39 is 0 Å². The molecule has 5 nitrogen and oxygen atoms in total. The van der Waals surface area contributed by atoms with Gasteiger partial charge in [0.2, 0.25) is 0 Å². The van der Waals surface area contributed by atoms with Gasteiger partial charge in [-0.15, -0.1) is 0 Å². The molecule has 4 N–H and O–H groups in total. The molecule has 0 saturated heterocycles. The van der Waals surface area contributed by atoms with Crippen LogP contribution in [0.1, 0.15) is 24.2 Å². The van der Waals surface area contributed by atoms with Gasteiger partial charge >= 0.3 is 5.69 Å². The second-order valence-corrected chi connectivity index (χ2v) is 3.90. The highest BCUT2D eigenvalue weighted by Crippen LogP contribution is 2.19. The molecule has 0 saturated carbocycles. The minimum atomic E-state index is -0.264. The number of nitrogen functional groups attached to an aromatic ring is 1. The highest BCUT2D eigenvalue weighted by atomic mass is 16.1. The Hall–Kier alpha value is -2.04. The third kappa shape index (κ3) is 2.31. The summed E-state index contributed by atoms with van der Waals surface area (Å²) in [5.41, 5.74) is 7.29. The lowest BCUT2D eigenvalue weighted by Crippen LogP contribution is -2.03. The lowest BCUT2D eigenvalue weighted by Gasteiger charge is -2.09. The Morgan fingerprint density at radius 2 is 2.06 bits per heavy atom. The van der Waals surface area contributed by atoms with E-state index in [1.807, 2.05) is 24.3 Å². The van der Waals surface area contributed by atoms with Crippen molar-refractivity contribution >= 4 is 5.69 Å². The Balaban J connectivity index is 2.11. The maximum Gasteiger partial charge on any atom is 0.340 e. The fraction of sp³-hybridized carbons (Fsp3) is 0.273. The lowest BCUT2D eigenvalue weighted by atomic mass is 9.97. The van der Waals surface area contributed by atoms with Gasteiger partial charge in [-0.25, -0.2) is 9.89 Å². The van der Waals surface area contributed by atoms with Crippen molar-refractivity contribution in [2.24, 2.45) is 0 Å². The Bertz CT molecular complexity index is 511. The van der Waals surface area contributed by atoms with Crippen LogP contribution >= 0.6 is 0 Å². The maximum atomic E-state index is 10.9. The van der Waals surface area contributed by atoms with E-state index in [1.165, 1.54) is 5.56 Å². The molecule has 0 aliphatic rings. The predicted molar refractivity (Wildman–Crippen MR) is 62.2 cm³/mol. The number of nitrogens with zero attached hydrogens (tertiary/aromatic N) is 1. The molecule has 0 spiro atoms. The van der Waals surface area contributed by atoms with Crippen molar-refractivity contribution in [2.45, 2.75) is 19.3 Å². The number of hydrogen-bond acceptors (Lipinski definition) is 3. The Morgan fingerprint density at radius 1 is 1.38 bits per heavy atom. The number of nitrogens with one attached hydrogen (secondary N) is 2. The van der Waals surface area contributed by atoms with Crippen molar-refractivity contribution in [1.82, 2.24) is 15.2 Å². The number of anilines is 1. The van der Waals surface area contributed by atoms with Crippen LogP contribution in [0, 0.1) is 0 Å². The molecule has 1 atom stereocenters. The first kappa shape index (κ1) is 10.5. The summed E-state index contributed by atoms with van der Waals surface area (Å²) in [6.07, 6.45) is 0.697. The average molecular weight is 218 g/mol. The Morgan fingerprint density at radius 3 is 2.62 bits per heavy atom. The molecule has 16 heavy (non-hydrogen) atoms. The van der Waals surface area contributed by atoms with Crippen molar-refractivity contribution in [3.05, 3.63) is 46.1 Å². The molecule has 1 aromatic heterocycles. The minimum absolute atomic E-state index is 0.264. The van der Waals surface area contributed by atoms with E-state index in [1.54, 1.807) is 0 Å². The monoisotopic (exact) mass is 218 g/mol. The Labute approximate surface area is 92.7 Å². The summed E-state index contributed by atoms with van der Waals surface area (Å²) in [6.45, 7) is 2.08. The number of rotatable bonds is 3. The van der Waals surface area contributed by atoms with Crippen LogP contribution in [0.25, 0.3) is 0 Å². The fourth-order valence-corrected chi connectivity index (χ4v) is 1.63. The molecule has 0 radical (unpaired) electrons. The smallest absolute Gasteiger partial charge is 0.340 e. The second kappa shape index (κ2) is 4.22. The van der Waals surface area contributed by atoms with Crippen LogP contribution in [-0.2, 0) is 6.42 Å². The minimum Gasteiger partial charge on any atom is -0.399 e. The molecule has 1 aromatic carbocycles. The summed E-state index contributed by atoms with van der Waals surface area (Å²) in [4.78, 5) is 13.5. The van der Waals surface area contributed by atoms with Gasteiger partial charge < -0.3 is 5.73 Å². The number of aromatic amines is 2. The molecule has 0 amide bonds. The zero-order chi connectivity index (χ0) is 11.5. The van der Waals surface area contributed by atoms with Crippen LogP contribution in [0.4, 0.5) is 5.69 Å². The van der Waals surface area contributed by atoms with Crippen LogP contribution in [0.5, 0.6) is 0 Å². The summed E-state index contributed by atoms with van der Waals surface area (Å²) < 4.78 is 0. The highest BCUT2D eigenvalue weighted by Gasteiger charge is 2.08. The van der Waals surface area contributed by atoms with Crippen molar-refractivity contribution in [2.75, 3.05) is 5.73 Å². The van der Waals surface area contributed by atoms with Gasteiger partial charge in [-0.2, -0.15) is 5.10 Å². The summed E-state index contributed by atoms with van der Waals surface area (Å²) in [7, 11) is 0. The van der Waals surface area contributed by atoms with E-state index in [2.05, 4.69) is 22.1 Å². The van der Waals surface area contributed by atoms with Gasteiger partial charge in [0.05, 0.1) is 0 Å². The van der Waals surface area contributed by atoms with Crippen molar-refractivity contribution in [1.29, 1.82) is 0 Å². The van der Waals surface area contributed by atoms with Gasteiger partial charge in [-0.1, -0.05) is 19.1 Å². The molecular formula is C11H14N4O. The van der Waals surface area contributed by atoms with Crippen LogP contribution in [0.2, 0.25) is 0 Å². The molecule has 1 heterocycles. The largest absolute Gasteiger partial charge is 0.399 e. The van der Waals surface area contributed by atoms with Crippen molar-refractivity contribution in [3.63, 3.8) is 0 Å². The average Bonchev–Trinajstić information content (AvgIpc) is 2.65. The fourth-order valence-electron chi connectivity index (χ4n) is 1.63. The van der Waals surface area contributed by atoms with E-state index in [0.29, 0.717) is 18.2 Å². The highest BCUT2D eigenvalue weighted by molar-refractivity contribution is 5.40. The zero-order valence-electron chi connectivity index (χ0n) is 9.03. The van der Waals surface area contributed by atoms with Gasteiger partial charge in [0, 0.05) is 12.1 Å². The topological polar surface area (TPSA) is 87.6 Å². The van der Waals surface area contributed by atoms with Gasteiger partial charge in [0.1, 0.15) is 5.82 Å². The van der Waals surface area contributed by atoms with Crippen LogP contribution < -0.4 is 11.4 Å². The normalized spacial score (nSPS) is 12.6. The summed E-state index contributed by atoms with van der Waals surface area (Å²) in [6, 6.07) is 7.73. The summed E-state index contributed by atoms with van der Waals surface area (Å²) >= 11 is 0. The van der Waals surface area contributed by atoms with Crippen LogP contribution in [0.3, 0.4) is 0 Å². The first-order valence-electron chi connectivity index (χ1n) is 5.14. The van der Waals surface area contributed by atoms with Crippen LogP contribution in [-0.4, -0.2) is 15.2 Å². The molecule has 84 valence electrons. The van der Waals surface area contributed by atoms with E-state index in [4.69, 9.17) is 5.73 Å². The number of nitrogens with two attached hydrogens (primary N) is 1. The molecule has 2 aromatic rings. The van der Waals surface area contributed by atoms with Crippen LogP contribution in [0.15, 0.2) is 29.1 Å². The lowest BCUT2D eigenvalue weighted by molar-refractivity contribution is 0.721. The van der Waals surface area contributed by atoms with Gasteiger partial charge in [-0.05, 0) is 23.6 Å². The first-order chi connectivity index (χ1) is 7.65. The molecule has 2 rings (SSSR count). The van der Waals surface area contributed by atoms with Crippen molar-refractivity contribution < 1.29 is 0 Å². The molecule has 0 aliphatic carbocycles. The quantitative estimate of drug-likeness (QED) is 0.672. The number of hydrogen-bond donors (Lipinski definition) is 3. The van der Waals surface area contributed by atoms with Gasteiger partial charge in [0.15, 0.2) is 0 Å². The molecule has 5 heteroatoms. The predicted octanol–water partition coefficient (Wildman–Crippen LogP) is 1.03. The first-order valence-corrected chi connectivity index (χ1v) is 5.14. The maximum absolute atomic E-state index is 10.9. The molecule has 0 bridgehead atoms. The van der Waals surface area contributed by atoms with E-state index in [0.717, 1.165) is 5.69 Å². The van der Waals surface area contributed by atoms with E-state index >= 15 is 0 Å². The van der Waals surface area contributed by atoms with Gasteiger partial charge in [0.25, 0.3) is 0 Å².